The van der Waals surface area contributed by atoms with Crippen LogP contribution in [0.2, 0.25) is 0 Å². The Hall–Kier alpha value is -1.90. The monoisotopic (exact) mass is 241 g/mol. The third-order valence-electron chi connectivity index (χ3n) is 3.50. The summed E-state index contributed by atoms with van der Waals surface area (Å²) < 4.78 is 0. The predicted octanol–water partition coefficient (Wildman–Crippen LogP) is 1.54. The summed E-state index contributed by atoms with van der Waals surface area (Å²) in [5.41, 5.74) is 3.91. The van der Waals surface area contributed by atoms with Crippen molar-refractivity contribution in [2.45, 2.75) is 26.7 Å². The second-order valence-corrected chi connectivity index (χ2v) is 5.79. The molecule has 0 saturated heterocycles. The maximum Gasteiger partial charge on any atom is 0.227 e. The minimum absolute atomic E-state index is 0.0377. The standard InChI is InChI=1S/C15H16N2O/c1-15(2)7-13-10(14(18)8-15)9-16-11-5-3-4-6-12(11)17-13/h3-6,9,17H,7-8H2,1-2H3/p+1. The molecule has 0 bridgehead atoms. The molecule has 3 heteroatoms. The van der Waals surface area contributed by atoms with Crippen LogP contribution in [-0.4, -0.2) is 12.0 Å². The van der Waals surface area contributed by atoms with Crippen molar-refractivity contribution in [2.24, 2.45) is 5.41 Å². The van der Waals surface area contributed by atoms with Gasteiger partial charge in [0.2, 0.25) is 5.69 Å². The van der Waals surface area contributed by atoms with Crippen LogP contribution in [0.3, 0.4) is 0 Å². The summed E-state index contributed by atoms with van der Waals surface area (Å²) in [5, 5.41) is 3.41. The van der Waals surface area contributed by atoms with Crippen molar-refractivity contribution in [1.82, 2.24) is 0 Å². The number of fused-ring (bicyclic) bond motifs is 1. The van der Waals surface area contributed by atoms with E-state index in [0.29, 0.717) is 6.42 Å². The van der Waals surface area contributed by atoms with Gasteiger partial charge in [0, 0.05) is 18.2 Å². The van der Waals surface area contributed by atoms with Gasteiger partial charge in [0.05, 0.1) is 0 Å². The summed E-state index contributed by atoms with van der Waals surface area (Å²) in [6, 6.07) is 8.01. The summed E-state index contributed by atoms with van der Waals surface area (Å²) in [4.78, 5) is 15.4. The van der Waals surface area contributed by atoms with Crippen molar-refractivity contribution in [2.75, 3.05) is 5.32 Å². The molecule has 1 aromatic carbocycles. The Morgan fingerprint density at radius 3 is 2.83 bits per heavy atom. The molecule has 0 atom stereocenters. The molecule has 3 rings (SSSR count). The Morgan fingerprint density at radius 2 is 2.00 bits per heavy atom. The maximum absolute atomic E-state index is 12.2. The van der Waals surface area contributed by atoms with Crippen LogP contribution in [0.15, 0.2) is 35.5 Å². The Balaban J connectivity index is 2.07. The van der Waals surface area contributed by atoms with E-state index in [4.69, 9.17) is 0 Å². The molecule has 1 heterocycles. The molecular weight excluding hydrogens is 224 g/mol. The fraction of sp³-hybridized carbons (Fsp3) is 0.333. The van der Waals surface area contributed by atoms with Gasteiger partial charge in [-0.1, -0.05) is 26.0 Å². The lowest BCUT2D eigenvalue weighted by Crippen LogP contribution is -2.62. The van der Waals surface area contributed by atoms with Gasteiger partial charge >= 0.3 is 0 Å². The van der Waals surface area contributed by atoms with Crippen LogP contribution in [-0.2, 0) is 4.79 Å². The lowest BCUT2D eigenvalue weighted by molar-refractivity contribution is -0.345. The number of Topliss-reactive ketones (excluding diaryl/α,β-unsaturated/α-hetero) is 1. The van der Waals surface area contributed by atoms with Crippen molar-refractivity contribution in [3.05, 3.63) is 35.5 Å². The maximum atomic E-state index is 12.2. The molecule has 0 unspecified atom stereocenters. The SMILES string of the molecule is CC1(C)CC(=O)C2=C(C1)Nc1ccccc1[NH+]=C2. The van der Waals surface area contributed by atoms with Crippen molar-refractivity contribution >= 4 is 23.4 Å². The smallest absolute Gasteiger partial charge is 0.227 e. The summed E-state index contributed by atoms with van der Waals surface area (Å²) in [7, 11) is 0. The first-order valence-electron chi connectivity index (χ1n) is 6.27. The highest BCUT2D eigenvalue weighted by atomic mass is 16.1. The van der Waals surface area contributed by atoms with Crippen LogP contribution in [0.5, 0.6) is 0 Å². The molecule has 0 fully saturated rings. The Labute approximate surface area is 107 Å². The molecule has 2 N–H and O–H groups in total. The molecule has 1 aliphatic carbocycles. The van der Waals surface area contributed by atoms with Gasteiger partial charge in [-0.15, -0.1) is 0 Å². The second kappa shape index (κ2) is 3.80. The normalized spacial score (nSPS) is 20.9. The Bertz CT molecular complexity index is 582. The molecule has 0 radical (unpaired) electrons. The van der Waals surface area contributed by atoms with Gasteiger partial charge in [0.15, 0.2) is 12.0 Å². The van der Waals surface area contributed by atoms with E-state index in [1.165, 1.54) is 0 Å². The molecule has 1 aromatic rings. The van der Waals surface area contributed by atoms with Gasteiger partial charge in [-0.25, -0.2) is 4.99 Å². The molecule has 0 saturated carbocycles. The molecule has 1 aliphatic heterocycles. The van der Waals surface area contributed by atoms with Gasteiger partial charge in [0.25, 0.3) is 0 Å². The number of rotatable bonds is 0. The fourth-order valence-corrected chi connectivity index (χ4v) is 2.64. The van der Waals surface area contributed by atoms with Gasteiger partial charge in [0.1, 0.15) is 11.3 Å². The number of ketones is 1. The molecule has 2 aliphatic rings. The van der Waals surface area contributed by atoms with E-state index >= 15 is 0 Å². The molecular formula is C15H17N2O+. The van der Waals surface area contributed by atoms with Crippen LogP contribution < -0.4 is 10.3 Å². The van der Waals surface area contributed by atoms with E-state index in [9.17, 15) is 4.79 Å². The molecule has 0 aromatic heterocycles. The zero-order valence-corrected chi connectivity index (χ0v) is 10.7. The number of anilines is 1. The highest BCUT2D eigenvalue weighted by molar-refractivity contribution is 6.14. The van der Waals surface area contributed by atoms with Crippen LogP contribution in [0.25, 0.3) is 0 Å². The first-order valence-corrected chi connectivity index (χ1v) is 6.27. The van der Waals surface area contributed by atoms with E-state index in [1.807, 2.05) is 30.5 Å². The highest BCUT2D eigenvalue weighted by Crippen LogP contribution is 2.37. The second-order valence-electron chi connectivity index (χ2n) is 5.79. The zero-order chi connectivity index (χ0) is 12.8. The van der Waals surface area contributed by atoms with Crippen molar-refractivity contribution in [3.63, 3.8) is 0 Å². The molecule has 18 heavy (non-hydrogen) atoms. The van der Waals surface area contributed by atoms with Crippen LogP contribution in [0, 0.1) is 5.41 Å². The van der Waals surface area contributed by atoms with Crippen molar-refractivity contribution in [1.29, 1.82) is 0 Å². The summed E-state index contributed by atoms with van der Waals surface area (Å²) in [6.45, 7) is 4.28. The topological polar surface area (TPSA) is 43.1 Å². The van der Waals surface area contributed by atoms with Crippen LogP contribution in [0.1, 0.15) is 26.7 Å². The Morgan fingerprint density at radius 1 is 1.22 bits per heavy atom. The molecule has 0 amide bonds. The average Bonchev–Trinajstić information content (AvgIpc) is 2.46. The van der Waals surface area contributed by atoms with E-state index in [1.54, 1.807) is 0 Å². The lowest BCUT2D eigenvalue weighted by Gasteiger charge is -2.30. The number of nitrogens with one attached hydrogen (secondary N) is 2. The fourth-order valence-electron chi connectivity index (χ4n) is 2.64. The number of allylic oxidation sites excluding steroid dienone is 2. The quantitative estimate of drug-likeness (QED) is 0.723. The van der Waals surface area contributed by atoms with Gasteiger partial charge in [-0.2, -0.15) is 0 Å². The Kier molecular flexibility index (Phi) is 2.37. The number of hydrogen-bond donors (Lipinski definition) is 2. The number of carbonyl (C=O) groups excluding carboxylic acids is 1. The van der Waals surface area contributed by atoms with Gasteiger partial charge in [-0.3, -0.25) is 4.79 Å². The average molecular weight is 241 g/mol. The summed E-state index contributed by atoms with van der Waals surface area (Å²) in [5.74, 6) is 0.217. The first kappa shape index (κ1) is 11.2. The third kappa shape index (κ3) is 1.86. The third-order valence-corrected chi connectivity index (χ3v) is 3.50. The predicted molar refractivity (Wildman–Crippen MR) is 71.8 cm³/mol. The number of para-hydroxylation sites is 2. The summed E-state index contributed by atoms with van der Waals surface area (Å²) >= 11 is 0. The van der Waals surface area contributed by atoms with Crippen LogP contribution in [0.4, 0.5) is 11.4 Å². The molecule has 92 valence electrons. The van der Waals surface area contributed by atoms with Crippen molar-refractivity contribution < 1.29 is 9.79 Å². The molecule has 0 spiro atoms. The van der Waals surface area contributed by atoms with E-state index in [-0.39, 0.29) is 11.2 Å². The van der Waals surface area contributed by atoms with Crippen molar-refractivity contribution in [3.8, 4) is 0 Å². The van der Waals surface area contributed by atoms with E-state index in [2.05, 4.69) is 24.2 Å². The minimum atomic E-state index is 0.0377. The van der Waals surface area contributed by atoms with Gasteiger partial charge < -0.3 is 5.32 Å². The highest BCUT2D eigenvalue weighted by Gasteiger charge is 2.34. The molecule has 3 nitrogen and oxygen atoms in total. The zero-order valence-electron chi connectivity index (χ0n) is 10.7. The number of benzene rings is 1. The van der Waals surface area contributed by atoms with E-state index < -0.39 is 0 Å². The number of hydrogen-bond acceptors (Lipinski definition) is 2. The largest absolute Gasteiger partial charge is 0.353 e. The number of carbonyl (C=O) groups is 1. The summed E-state index contributed by atoms with van der Waals surface area (Å²) in [6.07, 6.45) is 3.36. The lowest BCUT2D eigenvalue weighted by atomic mass is 9.76. The van der Waals surface area contributed by atoms with Crippen LogP contribution >= 0.6 is 0 Å². The first-order chi connectivity index (χ1) is 8.55. The van der Waals surface area contributed by atoms with E-state index in [0.717, 1.165) is 29.1 Å². The van der Waals surface area contributed by atoms with Gasteiger partial charge in [-0.05, 0) is 17.9 Å². The minimum Gasteiger partial charge on any atom is -0.353 e.